The number of phenols is 1. The van der Waals surface area contributed by atoms with Gasteiger partial charge >= 0.3 is 6.09 Å². The number of ether oxygens (including phenoxy) is 1. The lowest BCUT2D eigenvalue weighted by atomic mass is 9.94. The molecule has 40 heavy (non-hydrogen) atoms. The Bertz CT molecular complexity index is 1260. The van der Waals surface area contributed by atoms with Gasteiger partial charge in [0, 0.05) is 24.1 Å². The molecule has 2 atom stereocenters. The van der Waals surface area contributed by atoms with E-state index in [0.717, 1.165) is 37.0 Å². The smallest absolute Gasteiger partial charge is 0.408 e. The quantitative estimate of drug-likeness (QED) is 0.338. The average molecular weight is 544 g/mol. The van der Waals surface area contributed by atoms with Gasteiger partial charge in [0.1, 0.15) is 23.4 Å². The van der Waals surface area contributed by atoms with Crippen LogP contribution in [0.2, 0.25) is 0 Å². The molecule has 1 aliphatic rings. The summed E-state index contributed by atoms with van der Waals surface area (Å²) in [5.74, 6) is 1.53. The number of phenolic OH excluding ortho intramolecular Hbond substituents is 1. The monoisotopic (exact) mass is 543 g/mol. The number of carbonyl (C=O) groups is 3. The molecule has 1 fully saturated rings. The molecule has 0 saturated heterocycles. The van der Waals surface area contributed by atoms with Crippen LogP contribution in [0.3, 0.4) is 0 Å². The van der Waals surface area contributed by atoms with E-state index in [-0.39, 0.29) is 18.2 Å². The third-order valence-corrected chi connectivity index (χ3v) is 6.59. The molecule has 2 aromatic rings. The Labute approximate surface area is 236 Å². The lowest BCUT2D eigenvalue weighted by Crippen LogP contribution is -2.53. The van der Waals surface area contributed by atoms with E-state index < -0.39 is 35.6 Å². The highest BCUT2D eigenvalue weighted by Gasteiger charge is 2.36. The second-order valence-electron chi connectivity index (χ2n) is 10.9. The molecule has 3 rings (SSSR count). The number of aromatic hydroxyl groups is 1. The Morgan fingerprint density at radius 1 is 1.02 bits per heavy atom. The second-order valence-corrected chi connectivity index (χ2v) is 10.9. The number of amides is 3. The first-order chi connectivity index (χ1) is 19.0. The maximum atomic E-state index is 14.0. The van der Waals surface area contributed by atoms with Gasteiger partial charge in [0.2, 0.25) is 5.91 Å². The molecule has 210 valence electrons. The molecule has 1 aliphatic carbocycles. The molecule has 8 nitrogen and oxygen atoms in total. The highest BCUT2D eigenvalue weighted by Crippen LogP contribution is 2.25. The first-order valence-electron chi connectivity index (χ1n) is 13.4. The van der Waals surface area contributed by atoms with Gasteiger partial charge in [-0.2, -0.15) is 0 Å². The summed E-state index contributed by atoms with van der Waals surface area (Å²) >= 11 is 0. The second kappa shape index (κ2) is 13.6. The molecule has 0 bridgehead atoms. The Balaban J connectivity index is 1.97. The maximum Gasteiger partial charge on any atom is 0.408 e. The number of carbonyl (C=O) groups excluding carboxylic acids is 3. The van der Waals surface area contributed by atoms with Gasteiger partial charge in [-0.1, -0.05) is 55.9 Å². The number of nitrogens with one attached hydrogen (secondary N) is 2. The van der Waals surface area contributed by atoms with Gasteiger partial charge in [0.15, 0.2) is 0 Å². The Morgan fingerprint density at radius 3 is 2.20 bits per heavy atom. The van der Waals surface area contributed by atoms with E-state index in [9.17, 15) is 19.5 Å². The van der Waals surface area contributed by atoms with Crippen LogP contribution in [0, 0.1) is 24.8 Å². The third kappa shape index (κ3) is 8.54. The summed E-state index contributed by atoms with van der Waals surface area (Å²) < 4.78 is 5.40. The van der Waals surface area contributed by atoms with E-state index in [1.54, 1.807) is 57.2 Å². The number of nitrogens with zero attached hydrogens (tertiary/aromatic N) is 1. The fourth-order valence-electron chi connectivity index (χ4n) is 4.66. The molecule has 3 amide bonds. The molecule has 0 heterocycles. The van der Waals surface area contributed by atoms with Crippen molar-refractivity contribution in [1.29, 1.82) is 0 Å². The van der Waals surface area contributed by atoms with Gasteiger partial charge in [-0.05, 0) is 69.0 Å². The Morgan fingerprint density at radius 2 is 1.65 bits per heavy atom. The largest absolute Gasteiger partial charge is 0.508 e. The summed E-state index contributed by atoms with van der Waals surface area (Å²) in [6.07, 6.45) is 15.5. The van der Waals surface area contributed by atoms with Crippen LogP contribution in [0.5, 0.6) is 5.75 Å². The van der Waals surface area contributed by atoms with Gasteiger partial charge in [-0.3, -0.25) is 14.5 Å². The predicted molar refractivity (Wildman–Crippen MR) is 153 cm³/mol. The van der Waals surface area contributed by atoms with Crippen molar-refractivity contribution in [3.05, 3.63) is 65.2 Å². The summed E-state index contributed by atoms with van der Waals surface area (Å²) in [6, 6.07) is 13.0. The first kappa shape index (κ1) is 30.1. The molecule has 8 heteroatoms. The Hall–Kier alpha value is -4.43. The molecule has 2 unspecified atom stereocenters. The topological polar surface area (TPSA) is 108 Å². The van der Waals surface area contributed by atoms with Crippen molar-refractivity contribution < 1.29 is 24.2 Å². The summed E-state index contributed by atoms with van der Waals surface area (Å²) in [5.41, 5.74) is 0.957. The summed E-state index contributed by atoms with van der Waals surface area (Å²) in [7, 11) is 0. The van der Waals surface area contributed by atoms with E-state index in [1.807, 2.05) is 0 Å². The Kier molecular flexibility index (Phi) is 10.2. The van der Waals surface area contributed by atoms with E-state index in [0.29, 0.717) is 16.7 Å². The highest BCUT2D eigenvalue weighted by molar-refractivity contribution is 5.93. The summed E-state index contributed by atoms with van der Waals surface area (Å²) in [5, 5.41) is 15.4. The molecule has 0 aromatic heterocycles. The minimum absolute atomic E-state index is 0.0175. The standard InChI is InChI=1S/C32H37N3O5/c1-6-22-13-17-24(18-14-22)28(29(37)33-25-11-9-8-10-12-25)35(7-2)30(38)27(34-31(39)40-32(3,4)5)21-23-15-19-26(36)20-16-23/h1-2,13-20,25,27-28,36H,8-12,21H2,3-5H3,(H,33,37)(H,34,39). The van der Waals surface area contributed by atoms with Crippen LogP contribution in [-0.4, -0.2) is 45.6 Å². The van der Waals surface area contributed by atoms with Gasteiger partial charge in [0.25, 0.3) is 5.91 Å². The minimum Gasteiger partial charge on any atom is -0.508 e. The number of rotatable bonds is 8. The van der Waals surface area contributed by atoms with Crippen molar-refractivity contribution >= 4 is 17.9 Å². The van der Waals surface area contributed by atoms with Crippen molar-refractivity contribution in [2.45, 2.75) is 83.0 Å². The zero-order valence-corrected chi connectivity index (χ0v) is 23.3. The average Bonchev–Trinajstić information content (AvgIpc) is 2.91. The van der Waals surface area contributed by atoms with Crippen LogP contribution in [0.25, 0.3) is 0 Å². The number of terminal acetylenes is 2. The molecule has 3 N–H and O–H groups in total. The van der Waals surface area contributed by atoms with Crippen LogP contribution >= 0.6 is 0 Å². The van der Waals surface area contributed by atoms with Crippen molar-refractivity contribution in [2.24, 2.45) is 0 Å². The summed E-state index contributed by atoms with van der Waals surface area (Å²) in [4.78, 5) is 41.5. The third-order valence-electron chi connectivity index (χ3n) is 6.59. The lowest BCUT2D eigenvalue weighted by molar-refractivity contribution is -0.139. The molecule has 1 saturated carbocycles. The van der Waals surface area contributed by atoms with Crippen molar-refractivity contribution in [1.82, 2.24) is 15.5 Å². The van der Waals surface area contributed by atoms with Gasteiger partial charge in [-0.15, -0.1) is 6.42 Å². The van der Waals surface area contributed by atoms with Gasteiger partial charge in [0.05, 0.1) is 0 Å². The van der Waals surface area contributed by atoms with Crippen molar-refractivity contribution in [3.8, 4) is 30.6 Å². The first-order valence-corrected chi connectivity index (χ1v) is 13.4. The van der Waals surface area contributed by atoms with E-state index in [4.69, 9.17) is 17.6 Å². The molecule has 2 aromatic carbocycles. The number of hydrogen-bond acceptors (Lipinski definition) is 5. The molecular formula is C32H37N3O5. The lowest BCUT2D eigenvalue weighted by Gasteiger charge is -2.32. The zero-order chi connectivity index (χ0) is 29.3. The van der Waals surface area contributed by atoms with Crippen LogP contribution in [0.15, 0.2) is 48.5 Å². The number of hydrogen-bond donors (Lipinski definition) is 3. The van der Waals surface area contributed by atoms with E-state index >= 15 is 0 Å². The maximum absolute atomic E-state index is 14.0. The van der Waals surface area contributed by atoms with Crippen molar-refractivity contribution in [3.63, 3.8) is 0 Å². The summed E-state index contributed by atoms with van der Waals surface area (Å²) in [6.45, 7) is 5.13. The van der Waals surface area contributed by atoms with E-state index in [2.05, 4.69) is 22.6 Å². The predicted octanol–water partition coefficient (Wildman–Crippen LogP) is 4.42. The van der Waals surface area contributed by atoms with Crippen LogP contribution in [0.1, 0.15) is 75.6 Å². The van der Waals surface area contributed by atoms with Crippen molar-refractivity contribution in [2.75, 3.05) is 0 Å². The zero-order valence-electron chi connectivity index (χ0n) is 23.3. The van der Waals surface area contributed by atoms with Crippen LogP contribution < -0.4 is 10.6 Å². The number of benzene rings is 2. The van der Waals surface area contributed by atoms with Crippen LogP contribution in [0.4, 0.5) is 4.79 Å². The van der Waals surface area contributed by atoms with E-state index in [1.165, 1.54) is 12.1 Å². The highest BCUT2D eigenvalue weighted by atomic mass is 16.6. The van der Waals surface area contributed by atoms with Gasteiger partial charge < -0.3 is 20.5 Å². The molecule has 0 spiro atoms. The fourth-order valence-corrected chi connectivity index (χ4v) is 4.66. The minimum atomic E-state index is -1.16. The SMILES string of the molecule is C#Cc1ccc(C(C(=O)NC2CCCCC2)N(C#C)C(=O)C(Cc2ccc(O)cc2)NC(=O)OC(C)(C)C)cc1. The van der Waals surface area contributed by atoms with Gasteiger partial charge in [-0.25, -0.2) is 4.79 Å². The molecular weight excluding hydrogens is 506 g/mol. The fraction of sp³-hybridized carbons (Fsp3) is 0.406. The molecule has 0 radical (unpaired) electrons. The number of alkyl carbamates (subject to hydrolysis) is 1. The molecule has 0 aliphatic heterocycles. The normalized spacial score (nSPS) is 15.0. The van der Waals surface area contributed by atoms with Crippen LogP contribution in [-0.2, 0) is 20.7 Å².